The molecule has 0 spiro atoms. The Bertz CT molecular complexity index is 2110. The minimum absolute atomic E-state index is 0.232. The van der Waals surface area contributed by atoms with E-state index in [9.17, 15) is 0 Å². The van der Waals surface area contributed by atoms with Gasteiger partial charge in [-0.25, -0.2) is 0 Å². The van der Waals surface area contributed by atoms with Crippen molar-refractivity contribution in [2.45, 2.75) is 0 Å². The second-order valence-corrected chi connectivity index (χ2v) is 11.9. The van der Waals surface area contributed by atoms with E-state index in [-0.39, 0.29) is 14.5 Å². The van der Waals surface area contributed by atoms with Crippen LogP contribution in [0, 0.1) is 0 Å². The first-order chi connectivity index (χ1) is 19.3. The topological polar surface area (TPSA) is 38.7 Å². The Morgan fingerprint density at radius 2 is 1.00 bits per heavy atom. The fraction of sp³-hybridized carbons (Fsp3) is 0. The minimum atomic E-state index is 0.232. The number of fused-ring (bicyclic) bond motifs is 7. The molecule has 0 saturated carbocycles. The molecule has 182 valence electrons. The third kappa shape index (κ3) is 3.77. The first-order valence-electron chi connectivity index (χ1n) is 13.0. The summed E-state index contributed by atoms with van der Waals surface area (Å²) >= 11 is 0.232. The van der Waals surface area contributed by atoms with Gasteiger partial charge in [0.15, 0.2) is 0 Å². The number of hydrogen-bond acceptors (Lipinski definition) is 3. The molecule has 0 saturated heterocycles. The van der Waals surface area contributed by atoms with Gasteiger partial charge in [-0.1, -0.05) is 0 Å². The van der Waals surface area contributed by atoms with Crippen molar-refractivity contribution in [3.8, 4) is 34.2 Å². The van der Waals surface area contributed by atoms with Gasteiger partial charge in [0.25, 0.3) is 0 Å². The first-order valence-corrected chi connectivity index (χ1v) is 14.7. The van der Waals surface area contributed by atoms with E-state index in [1.165, 1.54) is 40.8 Å². The Labute approximate surface area is 231 Å². The molecule has 2 aromatic heterocycles. The summed E-state index contributed by atoms with van der Waals surface area (Å²) in [5.41, 5.74) is 2.96. The Morgan fingerprint density at radius 3 is 1.72 bits per heavy atom. The Balaban J connectivity index is 1.37. The molecule has 0 aliphatic rings. The third-order valence-electron chi connectivity index (χ3n) is 7.30. The molecule has 39 heavy (non-hydrogen) atoms. The molecule has 0 N–H and O–H groups in total. The van der Waals surface area contributed by atoms with Gasteiger partial charge in [-0.2, -0.15) is 0 Å². The van der Waals surface area contributed by atoms with Gasteiger partial charge in [0.1, 0.15) is 0 Å². The fourth-order valence-corrected chi connectivity index (χ4v) is 8.03. The molecule has 0 bridgehead atoms. The van der Waals surface area contributed by atoms with Crippen LogP contribution in [0.2, 0.25) is 0 Å². The molecule has 8 aromatic rings. The van der Waals surface area contributed by atoms with Crippen LogP contribution in [0.5, 0.6) is 0 Å². The zero-order valence-corrected chi connectivity index (χ0v) is 22.6. The summed E-state index contributed by atoms with van der Waals surface area (Å²) in [5.74, 6) is 2.06. The maximum atomic E-state index is 4.95. The van der Waals surface area contributed by atoms with Crippen molar-refractivity contribution in [1.82, 2.24) is 15.0 Å². The van der Waals surface area contributed by atoms with E-state index in [2.05, 4.69) is 66.7 Å². The molecular formula is C35H21N3Se. The van der Waals surface area contributed by atoms with E-state index in [1.54, 1.807) is 0 Å². The van der Waals surface area contributed by atoms with Crippen molar-refractivity contribution in [2.24, 2.45) is 0 Å². The van der Waals surface area contributed by atoms with E-state index < -0.39 is 0 Å². The predicted octanol–water partition coefficient (Wildman–Crippen LogP) is 8.54. The van der Waals surface area contributed by atoms with E-state index in [0.29, 0.717) is 17.5 Å². The predicted molar refractivity (Wildman–Crippen MR) is 163 cm³/mol. The summed E-state index contributed by atoms with van der Waals surface area (Å²) in [6.07, 6.45) is 0. The van der Waals surface area contributed by atoms with Crippen molar-refractivity contribution in [2.75, 3.05) is 0 Å². The quantitative estimate of drug-likeness (QED) is 0.160. The third-order valence-corrected chi connectivity index (χ3v) is 9.83. The van der Waals surface area contributed by atoms with Crippen LogP contribution in [0.25, 0.3) is 75.0 Å². The summed E-state index contributed by atoms with van der Waals surface area (Å²) in [5, 5.41) is 7.94. The number of rotatable bonds is 3. The van der Waals surface area contributed by atoms with Crippen LogP contribution >= 0.6 is 0 Å². The second kappa shape index (κ2) is 8.99. The standard InChI is InChI=1S/C35H21N3Se/c1-3-10-24(11-4-1)33-36-34(25-12-5-2-6-13-25)38-35(37-33)26-18-20-30-29(21-26)28-19-17-23-16-15-22-9-7-8-14-27(22)31(23)32(28)39-30/h1-21H. The van der Waals surface area contributed by atoms with Crippen LogP contribution in [-0.4, -0.2) is 29.5 Å². The Morgan fingerprint density at radius 1 is 0.410 bits per heavy atom. The van der Waals surface area contributed by atoms with E-state index in [1.807, 2.05) is 60.7 Å². The van der Waals surface area contributed by atoms with Gasteiger partial charge in [0.2, 0.25) is 0 Å². The summed E-state index contributed by atoms with van der Waals surface area (Å²) in [4.78, 5) is 14.8. The molecule has 4 heteroatoms. The molecule has 0 unspecified atom stereocenters. The van der Waals surface area contributed by atoms with Gasteiger partial charge in [-0.15, -0.1) is 0 Å². The SMILES string of the molecule is c1ccc(-c2nc(-c3ccccc3)nc(-c3ccc4[se]c5c(ccc6ccc7ccccc7c65)c4c3)n2)cc1. The molecular weight excluding hydrogens is 541 g/mol. The normalized spacial score (nSPS) is 11.6. The molecule has 0 aliphatic heterocycles. The van der Waals surface area contributed by atoms with Crippen molar-refractivity contribution >= 4 is 55.3 Å². The molecule has 0 fully saturated rings. The average molecular weight is 563 g/mol. The summed E-state index contributed by atoms with van der Waals surface area (Å²) in [6.45, 7) is 0. The van der Waals surface area contributed by atoms with Crippen LogP contribution < -0.4 is 0 Å². The van der Waals surface area contributed by atoms with Gasteiger partial charge in [0, 0.05) is 0 Å². The van der Waals surface area contributed by atoms with Gasteiger partial charge in [-0.3, -0.25) is 0 Å². The van der Waals surface area contributed by atoms with Crippen LogP contribution in [0.15, 0.2) is 127 Å². The van der Waals surface area contributed by atoms with Gasteiger partial charge in [-0.05, 0) is 0 Å². The van der Waals surface area contributed by atoms with Gasteiger partial charge in [0.05, 0.1) is 0 Å². The van der Waals surface area contributed by atoms with E-state index in [0.717, 1.165) is 16.7 Å². The molecule has 0 amide bonds. The van der Waals surface area contributed by atoms with Crippen molar-refractivity contribution < 1.29 is 0 Å². The van der Waals surface area contributed by atoms with Crippen LogP contribution in [-0.2, 0) is 0 Å². The Hall–Kier alpha value is -4.63. The van der Waals surface area contributed by atoms with Gasteiger partial charge < -0.3 is 0 Å². The average Bonchev–Trinajstić information content (AvgIpc) is 3.39. The molecule has 3 nitrogen and oxygen atoms in total. The fourth-order valence-electron chi connectivity index (χ4n) is 5.40. The van der Waals surface area contributed by atoms with Crippen LogP contribution in [0.3, 0.4) is 0 Å². The molecule has 0 radical (unpaired) electrons. The zero-order chi connectivity index (χ0) is 25.8. The summed E-state index contributed by atoms with van der Waals surface area (Å²) in [6, 6.07) is 44.8. The second-order valence-electron chi connectivity index (χ2n) is 9.68. The molecule has 0 aliphatic carbocycles. The number of hydrogen-bond donors (Lipinski definition) is 0. The maximum absolute atomic E-state index is 4.95. The number of benzene rings is 6. The van der Waals surface area contributed by atoms with E-state index >= 15 is 0 Å². The molecule has 6 aromatic carbocycles. The molecule has 8 rings (SSSR count). The number of nitrogens with zero attached hydrogens (tertiary/aromatic N) is 3. The van der Waals surface area contributed by atoms with Crippen LogP contribution in [0.4, 0.5) is 0 Å². The van der Waals surface area contributed by atoms with Crippen molar-refractivity contribution in [3.63, 3.8) is 0 Å². The Kier molecular flexibility index (Phi) is 5.15. The van der Waals surface area contributed by atoms with Gasteiger partial charge >= 0.3 is 232 Å². The zero-order valence-electron chi connectivity index (χ0n) is 20.9. The molecule has 2 heterocycles. The number of aromatic nitrogens is 3. The van der Waals surface area contributed by atoms with Crippen molar-refractivity contribution in [1.29, 1.82) is 0 Å². The monoisotopic (exact) mass is 563 g/mol. The first kappa shape index (κ1) is 22.4. The molecule has 0 atom stereocenters. The summed E-state index contributed by atoms with van der Waals surface area (Å²) in [7, 11) is 0. The van der Waals surface area contributed by atoms with Crippen molar-refractivity contribution in [3.05, 3.63) is 127 Å². The van der Waals surface area contributed by atoms with E-state index in [4.69, 9.17) is 15.0 Å². The summed E-state index contributed by atoms with van der Waals surface area (Å²) < 4.78 is 2.87. The van der Waals surface area contributed by atoms with Crippen LogP contribution in [0.1, 0.15) is 0 Å².